The highest BCUT2D eigenvalue weighted by molar-refractivity contribution is 5.74. The summed E-state index contributed by atoms with van der Waals surface area (Å²) < 4.78 is 12.9. The van der Waals surface area contributed by atoms with Crippen molar-refractivity contribution in [2.24, 2.45) is 0 Å². The van der Waals surface area contributed by atoms with E-state index >= 15 is 0 Å². The van der Waals surface area contributed by atoms with Crippen LogP contribution in [0.1, 0.15) is 17.2 Å². The van der Waals surface area contributed by atoms with Crippen LogP contribution in [0, 0.1) is 6.92 Å². The van der Waals surface area contributed by atoms with Gasteiger partial charge in [0.25, 0.3) is 0 Å². The molecule has 2 aliphatic heterocycles. The summed E-state index contributed by atoms with van der Waals surface area (Å²) in [7, 11) is 1.63. The first-order valence-electron chi connectivity index (χ1n) is 8.38. The fraction of sp³-hybridized carbons (Fsp3) is 0.471. The first-order chi connectivity index (χ1) is 12.1. The van der Waals surface area contributed by atoms with Gasteiger partial charge >= 0.3 is 6.03 Å². The lowest BCUT2D eigenvalue weighted by molar-refractivity contribution is 0.166. The van der Waals surface area contributed by atoms with E-state index in [0.29, 0.717) is 26.2 Å². The number of aryl methyl sites for hydroxylation is 1. The molecule has 1 N–H and O–H groups in total. The number of benzene rings is 1. The molecule has 0 fully saturated rings. The molecule has 3 heterocycles. The Morgan fingerprint density at radius 3 is 3.12 bits per heavy atom. The first kappa shape index (κ1) is 15.7. The summed E-state index contributed by atoms with van der Waals surface area (Å²) in [5.74, 6) is 3.17. The topological polar surface area (TPSA) is 81.5 Å². The van der Waals surface area contributed by atoms with E-state index in [2.05, 4.69) is 15.4 Å². The molecule has 8 nitrogen and oxygen atoms in total. The highest BCUT2D eigenvalue weighted by Gasteiger charge is 2.27. The van der Waals surface area contributed by atoms with E-state index in [1.165, 1.54) is 0 Å². The maximum atomic E-state index is 12.6. The summed E-state index contributed by atoms with van der Waals surface area (Å²) in [5, 5.41) is 7.39. The maximum Gasteiger partial charge on any atom is 0.318 e. The summed E-state index contributed by atoms with van der Waals surface area (Å²) >= 11 is 0. The van der Waals surface area contributed by atoms with Crippen molar-refractivity contribution in [3.05, 3.63) is 35.4 Å². The van der Waals surface area contributed by atoms with E-state index in [1.807, 2.05) is 29.8 Å². The van der Waals surface area contributed by atoms with Gasteiger partial charge in [-0.05, 0) is 25.0 Å². The van der Waals surface area contributed by atoms with Gasteiger partial charge in [-0.3, -0.25) is 0 Å². The molecule has 8 heteroatoms. The molecule has 0 bridgehead atoms. The number of hydrogen-bond acceptors (Lipinski definition) is 5. The van der Waals surface area contributed by atoms with E-state index in [1.54, 1.807) is 12.0 Å². The minimum Gasteiger partial charge on any atom is -0.497 e. The molecule has 25 heavy (non-hydrogen) atoms. The molecule has 0 aliphatic carbocycles. The lowest BCUT2D eigenvalue weighted by Crippen LogP contribution is -2.50. The number of fused-ring (bicyclic) bond motifs is 2. The Labute approximate surface area is 145 Å². The molecule has 0 saturated heterocycles. The molecule has 1 aromatic carbocycles. The maximum absolute atomic E-state index is 12.6. The summed E-state index contributed by atoms with van der Waals surface area (Å²) in [6.45, 7) is 4.10. The molecule has 0 unspecified atom stereocenters. The Kier molecular flexibility index (Phi) is 3.95. The number of amides is 2. The average Bonchev–Trinajstić information content (AvgIpc) is 3.00. The van der Waals surface area contributed by atoms with Crippen molar-refractivity contribution in [1.29, 1.82) is 0 Å². The summed E-state index contributed by atoms with van der Waals surface area (Å²) in [4.78, 5) is 18.7. The van der Waals surface area contributed by atoms with Gasteiger partial charge in [0.15, 0.2) is 0 Å². The van der Waals surface area contributed by atoms with Crippen molar-refractivity contribution in [1.82, 2.24) is 25.0 Å². The molecule has 0 radical (unpaired) electrons. The monoisotopic (exact) mass is 343 g/mol. The van der Waals surface area contributed by atoms with Gasteiger partial charge in [-0.1, -0.05) is 6.07 Å². The minimum absolute atomic E-state index is 0.0464. The Bertz CT molecular complexity index is 804. The fourth-order valence-corrected chi connectivity index (χ4v) is 3.27. The standard InChI is InChI=1S/C17H21N5O3/c1-11-18-16-9-21(5-6-22(16)20-11)17(23)19-13-7-12-3-4-14(24-2)8-15(12)25-10-13/h3-4,8,13H,5-7,9-10H2,1-2H3,(H,19,23)/t13-/m0/s1. The third-order valence-corrected chi connectivity index (χ3v) is 4.56. The van der Waals surface area contributed by atoms with Crippen LogP contribution in [-0.4, -0.2) is 52.0 Å². The van der Waals surface area contributed by atoms with E-state index in [0.717, 1.165) is 35.1 Å². The fourth-order valence-electron chi connectivity index (χ4n) is 3.27. The van der Waals surface area contributed by atoms with E-state index < -0.39 is 0 Å². The second-order valence-electron chi connectivity index (χ2n) is 6.36. The number of methoxy groups -OCH3 is 1. The number of carbonyl (C=O) groups excluding carboxylic acids is 1. The Morgan fingerprint density at radius 2 is 2.28 bits per heavy atom. The molecule has 2 aliphatic rings. The van der Waals surface area contributed by atoms with Crippen molar-refractivity contribution in [2.45, 2.75) is 32.5 Å². The number of aromatic nitrogens is 3. The molecule has 4 rings (SSSR count). The lowest BCUT2D eigenvalue weighted by Gasteiger charge is -2.31. The number of ether oxygens (including phenoxy) is 2. The van der Waals surface area contributed by atoms with Gasteiger partial charge < -0.3 is 19.7 Å². The summed E-state index contributed by atoms with van der Waals surface area (Å²) in [6, 6.07) is 5.64. The molecule has 1 atom stereocenters. The number of urea groups is 1. The molecular weight excluding hydrogens is 322 g/mol. The quantitative estimate of drug-likeness (QED) is 0.884. The molecule has 132 valence electrons. The molecule has 2 aromatic rings. The molecule has 0 spiro atoms. The van der Waals surface area contributed by atoms with Gasteiger partial charge in [0, 0.05) is 12.6 Å². The number of rotatable bonds is 2. The van der Waals surface area contributed by atoms with Gasteiger partial charge in [0.05, 0.1) is 26.2 Å². The number of hydrogen-bond donors (Lipinski definition) is 1. The molecule has 2 amide bonds. The smallest absolute Gasteiger partial charge is 0.318 e. The Hall–Kier alpha value is -2.77. The summed E-state index contributed by atoms with van der Waals surface area (Å²) in [6.07, 6.45) is 0.744. The third kappa shape index (κ3) is 3.11. The third-order valence-electron chi connectivity index (χ3n) is 4.56. The van der Waals surface area contributed by atoms with Crippen LogP contribution < -0.4 is 14.8 Å². The van der Waals surface area contributed by atoms with Gasteiger partial charge in [-0.25, -0.2) is 14.5 Å². The van der Waals surface area contributed by atoms with Gasteiger partial charge in [0.2, 0.25) is 0 Å². The number of nitrogens with zero attached hydrogens (tertiary/aromatic N) is 4. The average molecular weight is 343 g/mol. The highest BCUT2D eigenvalue weighted by atomic mass is 16.5. The van der Waals surface area contributed by atoms with Crippen molar-refractivity contribution < 1.29 is 14.3 Å². The lowest BCUT2D eigenvalue weighted by atomic mass is 10.0. The van der Waals surface area contributed by atoms with Gasteiger partial charge in [-0.2, -0.15) is 5.10 Å². The van der Waals surface area contributed by atoms with Crippen LogP contribution in [0.25, 0.3) is 0 Å². The van der Waals surface area contributed by atoms with Crippen LogP contribution in [0.2, 0.25) is 0 Å². The second-order valence-corrected chi connectivity index (χ2v) is 6.36. The molecular formula is C17H21N5O3. The predicted molar refractivity (Wildman–Crippen MR) is 89.7 cm³/mol. The van der Waals surface area contributed by atoms with Gasteiger partial charge in [0.1, 0.15) is 29.8 Å². The van der Waals surface area contributed by atoms with Crippen LogP contribution in [0.5, 0.6) is 11.5 Å². The van der Waals surface area contributed by atoms with Crippen molar-refractivity contribution >= 4 is 6.03 Å². The number of carbonyl (C=O) groups is 1. The highest BCUT2D eigenvalue weighted by Crippen LogP contribution is 2.29. The summed E-state index contributed by atoms with van der Waals surface area (Å²) in [5.41, 5.74) is 1.08. The Morgan fingerprint density at radius 1 is 1.40 bits per heavy atom. The van der Waals surface area contributed by atoms with Crippen LogP contribution in [0.4, 0.5) is 4.79 Å². The van der Waals surface area contributed by atoms with E-state index in [-0.39, 0.29) is 12.1 Å². The van der Waals surface area contributed by atoms with Crippen molar-refractivity contribution in [3.63, 3.8) is 0 Å². The number of nitrogens with one attached hydrogen (secondary N) is 1. The van der Waals surface area contributed by atoms with E-state index in [4.69, 9.17) is 9.47 Å². The SMILES string of the molecule is COc1ccc2c(c1)OC[C@@H](NC(=O)N1CCn3nc(C)nc3C1)C2. The zero-order chi connectivity index (χ0) is 17.4. The normalized spacial score (nSPS) is 18.8. The van der Waals surface area contributed by atoms with Crippen LogP contribution >= 0.6 is 0 Å². The van der Waals surface area contributed by atoms with Crippen LogP contribution in [-0.2, 0) is 19.5 Å². The zero-order valence-electron chi connectivity index (χ0n) is 14.4. The van der Waals surface area contributed by atoms with Gasteiger partial charge in [-0.15, -0.1) is 0 Å². The minimum atomic E-state index is -0.0857. The van der Waals surface area contributed by atoms with E-state index in [9.17, 15) is 4.79 Å². The predicted octanol–water partition coefficient (Wildman–Crippen LogP) is 1.12. The molecule has 1 aromatic heterocycles. The van der Waals surface area contributed by atoms with Crippen LogP contribution in [0.3, 0.4) is 0 Å². The van der Waals surface area contributed by atoms with Crippen LogP contribution in [0.15, 0.2) is 18.2 Å². The Balaban J connectivity index is 1.38. The second kappa shape index (κ2) is 6.27. The molecule has 0 saturated carbocycles. The largest absolute Gasteiger partial charge is 0.497 e. The first-order valence-corrected chi connectivity index (χ1v) is 8.38. The van der Waals surface area contributed by atoms with Crippen molar-refractivity contribution in [3.8, 4) is 11.5 Å². The van der Waals surface area contributed by atoms with Crippen molar-refractivity contribution in [2.75, 3.05) is 20.3 Å². The zero-order valence-corrected chi connectivity index (χ0v) is 14.4.